The van der Waals surface area contributed by atoms with Gasteiger partial charge in [-0.2, -0.15) is 0 Å². The Morgan fingerprint density at radius 1 is 1.36 bits per heavy atom. The highest BCUT2D eigenvalue weighted by atomic mass is 35.5. The van der Waals surface area contributed by atoms with Gasteiger partial charge >= 0.3 is 0 Å². The van der Waals surface area contributed by atoms with Crippen LogP contribution in [0.4, 0.5) is 0 Å². The average molecular weight is 174 g/mol. The molecule has 0 saturated heterocycles. The van der Waals surface area contributed by atoms with Crippen molar-refractivity contribution >= 4 is 24.7 Å². The second-order valence-electron chi connectivity index (χ2n) is 4.90. The third kappa shape index (κ3) is 4.46. The quantitative estimate of drug-likeness (QED) is 0.472. The molecule has 0 heterocycles. The van der Waals surface area contributed by atoms with Crippen molar-refractivity contribution in [3.8, 4) is 0 Å². The van der Waals surface area contributed by atoms with Crippen LogP contribution in [0.5, 0.6) is 0 Å². The van der Waals surface area contributed by atoms with Crippen LogP contribution >= 0.6 is 11.6 Å². The number of rotatable bonds is 3. The van der Waals surface area contributed by atoms with Crippen molar-refractivity contribution in [3.05, 3.63) is 0 Å². The van der Waals surface area contributed by atoms with Gasteiger partial charge in [0.05, 0.1) is 0 Å². The topological polar surface area (TPSA) is 17.1 Å². The maximum atomic E-state index is 10.9. The summed E-state index contributed by atoms with van der Waals surface area (Å²) in [6.45, 7) is 7.98. The maximum absolute atomic E-state index is 10.9. The Hall–Kier alpha value is 0.0249. The lowest BCUT2D eigenvalue weighted by molar-refractivity contribution is -0.119. The van der Waals surface area contributed by atoms with Gasteiger partial charge in [0.25, 0.3) is 0 Å². The molecule has 0 aliphatic carbocycles. The number of hydrogen-bond acceptors (Lipinski definition) is 1. The third-order valence-corrected chi connectivity index (χ3v) is 2.02. The number of carbonyl (C=O) groups is 1. The van der Waals surface area contributed by atoms with Crippen LogP contribution in [0.3, 0.4) is 0 Å². The van der Waals surface area contributed by atoms with Gasteiger partial charge in [0, 0.05) is 5.41 Å². The summed E-state index contributed by atoms with van der Waals surface area (Å²) < 4.78 is 0. The van der Waals surface area contributed by atoms with Gasteiger partial charge < -0.3 is 0 Å². The molecule has 64 valence electrons. The van der Waals surface area contributed by atoms with E-state index in [1.165, 1.54) is 0 Å². The lowest BCUT2D eigenvalue weighted by atomic mass is 9.64. The van der Waals surface area contributed by atoms with Crippen LogP contribution in [0.15, 0.2) is 0 Å². The van der Waals surface area contributed by atoms with Crippen LogP contribution in [-0.2, 0) is 4.79 Å². The second-order valence-corrected chi connectivity index (χ2v) is 5.24. The van der Waals surface area contributed by atoms with Gasteiger partial charge in [0.1, 0.15) is 7.85 Å². The van der Waals surface area contributed by atoms with Crippen molar-refractivity contribution in [2.75, 3.05) is 0 Å². The molecule has 0 N–H and O–H groups in total. The molecule has 0 bridgehead atoms. The van der Waals surface area contributed by atoms with Gasteiger partial charge in [-0.15, -0.1) is 0 Å². The minimum Gasteiger partial charge on any atom is -0.281 e. The maximum Gasteiger partial charge on any atom is 0.227 e. The fourth-order valence-electron chi connectivity index (χ4n) is 1.40. The average Bonchev–Trinajstić information content (AvgIpc) is 1.56. The van der Waals surface area contributed by atoms with Crippen molar-refractivity contribution in [3.63, 3.8) is 0 Å². The Balaban J connectivity index is 4.25. The monoisotopic (exact) mass is 174 g/mol. The van der Waals surface area contributed by atoms with Crippen molar-refractivity contribution in [2.45, 2.75) is 39.4 Å². The number of hydrogen-bond donors (Lipinski definition) is 0. The predicted octanol–water partition coefficient (Wildman–Crippen LogP) is 2.00. The molecule has 0 saturated carbocycles. The zero-order valence-electron chi connectivity index (χ0n) is 7.99. The van der Waals surface area contributed by atoms with Gasteiger partial charge in [-0.1, -0.05) is 33.0 Å². The van der Waals surface area contributed by atoms with E-state index >= 15 is 0 Å². The molecule has 1 nitrogen and oxygen atoms in total. The molecular formula is C8H16BClO. The van der Waals surface area contributed by atoms with Crippen LogP contribution in [-0.4, -0.2) is 13.1 Å². The summed E-state index contributed by atoms with van der Waals surface area (Å²) in [7, 11) is 2.11. The normalized spacial score (nSPS) is 13.2. The molecule has 11 heavy (non-hydrogen) atoms. The molecule has 0 radical (unpaired) electrons. The van der Waals surface area contributed by atoms with E-state index in [0.717, 1.165) is 6.42 Å². The molecule has 0 spiro atoms. The molecule has 0 aromatic carbocycles. The molecule has 0 aromatic heterocycles. The molecule has 0 aliphatic rings. The first-order valence-corrected chi connectivity index (χ1v) is 4.23. The minimum absolute atomic E-state index is 0.161. The van der Waals surface area contributed by atoms with E-state index in [4.69, 9.17) is 11.6 Å². The first-order chi connectivity index (χ1) is 4.65. The van der Waals surface area contributed by atoms with Gasteiger partial charge in [0.2, 0.25) is 5.24 Å². The van der Waals surface area contributed by atoms with E-state index < -0.39 is 0 Å². The summed E-state index contributed by atoms with van der Waals surface area (Å²) in [6, 6.07) is 0. The van der Waals surface area contributed by atoms with Crippen LogP contribution in [0.25, 0.3) is 0 Å². The van der Waals surface area contributed by atoms with Gasteiger partial charge in [0.15, 0.2) is 0 Å². The zero-order chi connectivity index (χ0) is 9.28. The number of carbonyl (C=O) groups excluding carboxylic acids is 1. The Morgan fingerprint density at radius 2 is 1.73 bits per heavy atom. The fraction of sp³-hybridized carbons (Fsp3) is 0.875. The molecule has 0 rings (SSSR count). The molecule has 0 atom stereocenters. The standard InChI is InChI=1S/C8H16BClO/c1-7(2,6(10)11)5-8(3,4)9/h5,9H2,1-4H3. The highest BCUT2D eigenvalue weighted by Crippen LogP contribution is 2.37. The lowest BCUT2D eigenvalue weighted by Crippen LogP contribution is -2.24. The van der Waals surface area contributed by atoms with E-state index in [0.29, 0.717) is 0 Å². The molecule has 0 aliphatic heterocycles. The van der Waals surface area contributed by atoms with E-state index in [1.807, 2.05) is 13.8 Å². The second kappa shape index (κ2) is 3.18. The van der Waals surface area contributed by atoms with Gasteiger partial charge in [-0.05, 0) is 18.0 Å². The lowest BCUT2D eigenvalue weighted by Gasteiger charge is -2.28. The van der Waals surface area contributed by atoms with E-state index in [1.54, 1.807) is 0 Å². The van der Waals surface area contributed by atoms with E-state index in [2.05, 4.69) is 21.7 Å². The Labute approximate surface area is 74.9 Å². The van der Waals surface area contributed by atoms with Crippen molar-refractivity contribution in [1.82, 2.24) is 0 Å². The van der Waals surface area contributed by atoms with Crippen LogP contribution in [0.2, 0.25) is 5.31 Å². The van der Waals surface area contributed by atoms with Gasteiger partial charge in [-0.3, -0.25) is 4.79 Å². The van der Waals surface area contributed by atoms with Crippen LogP contribution in [0, 0.1) is 5.41 Å². The molecule has 3 heteroatoms. The number of halogens is 1. The van der Waals surface area contributed by atoms with E-state index in [9.17, 15) is 4.79 Å². The molecule has 0 aromatic rings. The van der Waals surface area contributed by atoms with Gasteiger partial charge in [-0.25, -0.2) is 0 Å². The summed E-state index contributed by atoms with van der Waals surface area (Å²) in [4.78, 5) is 10.9. The highest BCUT2D eigenvalue weighted by molar-refractivity contribution is 6.64. The largest absolute Gasteiger partial charge is 0.281 e. The summed E-state index contributed by atoms with van der Waals surface area (Å²) in [5, 5.41) is -0.0824. The highest BCUT2D eigenvalue weighted by Gasteiger charge is 2.30. The first kappa shape index (κ1) is 11.0. The Kier molecular flexibility index (Phi) is 3.19. The predicted molar refractivity (Wildman–Crippen MR) is 51.8 cm³/mol. The summed E-state index contributed by atoms with van der Waals surface area (Å²) in [6.07, 6.45) is 0.822. The zero-order valence-corrected chi connectivity index (χ0v) is 8.75. The molecule has 0 fully saturated rings. The Bertz CT molecular complexity index is 158. The fourth-order valence-corrected chi connectivity index (χ4v) is 1.46. The van der Waals surface area contributed by atoms with Crippen molar-refractivity contribution < 1.29 is 4.79 Å². The van der Waals surface area contributed by atoms with Crippen molar-refractivity contribution in [1.29, 1.82) is 0 Å². The molecular weight excluding hydrogens is 158 g/mol. The summed E-state index contributed by atoms with van der Waals surface area (Å²) >= 11 is 5.44. The summed E-state index contributed by atoms with van der Waals surface area (Å²) in [5.41, 5.74) is -0.389. The summed E-state index contributed by atoms with van der Waals surface area (Å²) in [5.74, 6) is 0. The smallest absolute Gasteiger partial charge is 0.227 e. The van der Waals surface area contributed by atoms with Crippen LogP contribution in [0.1, 0.15) is 34.1 Å². The Morgan fingerprint density at radius 3 is 1.82 bits per heavy atom. The molecule has 0 amide bonds. The van der Waals surface area contributed by atoms with E-state index in [-0.39, 0.29) is 16.0 Å². The van der Waals surface area contributed by atoms with Crippen molar-refractivity contribution in [2.24, 2.45) is 5.41 Å². The molecule has 0 unspecified atom stereocenters. The van der Waals surface area contributed by atoms with Crippen LogP contribution < -0.4 is 0 Å². The first-order valence-electron chi connectivity index (χ1n) is 3.85. The SMILES string of the molecule is BC(C)(C)CC(C)(C)C(=O)Cl. The minimum atomic E-state index is -0.389. The third-order valence-electron chi connectivity index (χ3n) is 1.50.